The van der Waals surface area contributed by atoms with E-state index in [9.17, 15) is 22.8 Å². The van der Waals surface area contributed by atoms with Crippen LogP contribution in [0.25, 0.3) is 16.8 Å². The van der Waals surface area contributed by atoms with Crippen molar-refractivity contribution in [2.75, 3.05) is 26.2 Å². The molecule has 5 heterocycles. The number of imidazole rings is 1. The third-order valence-electron chi connectivity index (χ3n) is 6.44. The van der Waals surface area contributed by atoms with Crippen molar-refractivity contribution in [1.82, 2.24) is 29.0 Å². The number of rotatable bonds is 4. The van der Waals surface area contributed by atoms with Crippen molar-refractivity contribution < 1.29 is 27.5 Å². The van der Waals surface area contributed by atoms with Crippen molar-refractivity contribution in [1.29, 1.82) is 0 Å². The van der Waals surface area contributed by atoms with Gasteiger partial charge in [0.2, 0.25) is 0 Å². The zero-order valence-corrected chi connectivity index (χ0v) is 19.5. The number of piperidine rings is 1. The van der Waals surface area contributed by atoms with E-state index in [-0.39, 0.29) is 28.5 Å². The van der Waals surface area contributed by atoms with Gasteiger partial charge in [-0.2, -0.15) is 18.3 Å². The van der Waals surface area contributed by atoms with Gasteiger partial charge in [-0.15, -0.1) is 0 Å². The van der Waals surface area contributed by atoms with Gasteiger partial charge in [-0.05, 0) is 25.8 Å². The number of halogens is 4. The largest absolute Gasteiger partial charge is 0.448 e. The summed E-state index contributed by atoms with van der Waals surface area (Å²) in [6, 6.07) is 0.943. The predicted molar refractivity (Wildman–Crippen MR) is 119 cm³/mol. The number of pyridine rings is 1. The van der Waals surface area contributed by atoms with Crippen LogP contribution in [-0.4, -0.2) is 73.2 Å². The van der Waals surface area contributed by atoms with E-state index < -0.39 is 23.3 Å². The highest BCUT2D eigenvalue weighted by molar-refractivity contribution is 6.33. The number of nitrogens with zero attached hydrogens (tertiary/aromatic N) is 6. The van der Waals surface area contributed by atoms with Crippen LogP contribution < -0.4 is 0 Å². The number of ether oxygens (including phenoxy) is 1. The van der Waals surface area contributed by atoms with Crippen LogP contribution in [0.5, 0.6) is 0 Å². The molecule has 13 heteroatoms. The van der Waals surface area contributed by atoms with Gasteiger partial charge in [0.15, 0.2) is 11.3 Å². The summed E-state index contributed by atoms with van der Waals surface area (Å²) in [6.45, 7) is 3.93. The first-order chi connectivity index (χ1) is 16.7. The van der Waals surface area contributed by atoms with Crippen molar-refractivity contribution in [3.63, 3.8) is 0 Å². The van der Waals surface area contributed by atoms with E-state index in [4.69, 9.17) is 16.3 Å². The van der Waals surface area contributed by atoms with Crippen molar-refractivity contribution in [2.45, 2.75) is 38.5 Å². The van der Waals surface area contributed by atoms with E-state index in [1.165, 1.54) is 17.3 Å². The fourth-order valence-corrected chi connectivity index (χ4v) is 4.82. The highest BCUT2D eigenvalue weighted by Crippen LogP contribution is 2.37. The van der Waals surface area contributed by atoms with Gasteiger partial charge in [-0.3, -0.25) is 13.9 Å². The van der Waals surface area contributed by atoms with E-state index in [0.717, 1.165) is 10.5 Å². The lowest BCUT2D eigenvalue weighted by molar-refractivity contribution is -0.136. The molecule has 0 unspecified atom stereocenters. The minimum atomic E-state index is -4.71. The second kappa shape index (κ2) is 8.74. The number of aromatic nitrogens is 4. The molecule has 0 radical (unpaired) electrons. The first-order valence-electron chi connectivity index (χ1n) is 11.2. The number of fused-ring (bicyclic) bond motifs is 1. The number of hydrogen-bond acceptors (Lipinski definition) is 5. The third-order valence-corrected chi connectivity index (χ3v) is 6.81. The van der Waals surface area contributed by atoms with Crippen LogP contribution >= 0.6 is 11.6 Å². The maximum absolute atomic E-state index is 13.9. The lowest BCUT2D eigenvalue weighted by Gasteiger charge is -2.35. The molecular formula is C22H22ClF3N6O3. The highest BCUT2D eigenvalue weighted by Gasteiger charge is 2.38. The molecule has 0 aromatic carbocycles. The molecule has 2 aliphatic heterocycles. The lowest BCUT2D eigenvalue weighted by atomic mass is 10.0. The minimum Gasteiger partial charge on any atom is -0.448 e. The minimum absolute atomic E-state index is 0.0472. The summed E-state index contributed by atoms with van der Waals surface area (Å²) in [5.74, 6) is -0.547. The average Bonchev–Trinajstić information content (AvgIpc) is 3.56. The number of hydrogen-bond donors (Lipinski definition) is 0. The molecule has 3 aromatic heterocycles. The SMILES string of the molecule is CCn1cc(-c2cc(C(F)(F)F)c3nc(C(=O)N4CCC(N5CCOC5=O)CC4)c(Cl)n3c2)cn1. The van der Waals surface area contributed by atoms with E-state index in [0.29, 0.717) is 51.2 Å². The molecule has 0 N–H and O–H groups in total. The summed E-state index contributed by atoms with van der Waals surface area (Å²) in [5, 5.41) is 3.93. The number of alkyl halides is 3. The Balaban J connectivity index is 1.46. The van der Waals surface area contributed by atoms with Crippen LogP contribution in [-0.2, 0) is 17.5 Å². The fourth-order valence-electron chi connectivity index (χ4n) is 4.57. The standard InChI is InChI=1S/C22H22ClF3N6O3/c1-2-30-11-14(10-27-30)13-9-16(22(24,25)26)19-28-17(18(23)32(19)12-13)20(33)29-5-3-15(4-6-29)31-7-8-35-21(31)34/h9-12,15H,2-8H2,1H3. The molecule has 9 nitrogen and oxygen atoms in total. The number of aryl methyl sites for hydroxylation is 1. The Bertz CT molecular complexity index is 1300. The Hall–Kier alpha value is -3.28. The molecule has 35 heavy (non-hydrogen) atoms. The summed E-state index contributed by atoms with van der Waals surface area (Å²) in [7, 11) is 0. The van der Waals surface area contributed by atoms with Gasteiger partial charge in [-0.25, -0.2) is 9.78 Å². The summed E-state index contributed by atoms with van der Waals surface area (Å²) < 4.78 is 49.5. The second-order valence-electron chi connectivity index (χ2n) is 8.50. The Morgan fingerprint density at radius 3 is 2.54 bits per heavy atom. The summed E-state index contributed by atoms with van der Waals surface area (Å²) >= 11 is 6.43. The van der Waals surface area contributed by atoms with Crippen molar-refractivity contribution >= 4 is 29.2 Å². The Morgan fingerprint density at radius 1 is 1.20 bits per heavy atom. The zero-order chi connectivity index (χ0) is 24.9. The topological polar surface area (TPSA) is 85.0 Å². The molecule has 3 aromatic rings. The number of carbonyl (C=O) groups is 2. The molecule has 0 aliphatic carbocycles. The van der Waals surface area contributed by atoms with E-state index >= 15 is 0 Å². The van der Waals surface area contributed by atoms with Crippen molar-refractivity contribution in [3.8, 4) is 11.1 Å². The monoisotopic (exact) mass is 510 g/mol. The third kappa shape index (κ3) is 4.19. The van der Waals surface area contributed by atoms with E-state index in [1.807, 2.05) is 6.92 Å². The quantitative estimate of drug-likeness (QED) is 0.530. The summed E-state index contributed by atoms with van der Waals surface area (Å²) in [5.41, 5.74) is -0.934. The van der Waals surface area contributed by atoms with Crippen LogP contribution in [0.2, 0.25) is 5.15 Å². The van der Waals surface area contributed by atoms with E-state index in [2.05, 4.69) is 10.1 Å². The van der Waals surface area contributed by atoms with Gasteiger partial charge < -0.3 is 14.5 Å². The molecule has 0 saturated carbocycles. The first-order valence-corrected chi connectivity index (χ1v) is 11.6. The molecule has 0 spiro atoms. The molecule has 5 rings (SSSR count). The van der Waals surface area contributed by atoms with Crippen molar-refractivity contribution in [2.24, 2.45) is 0 Å². The average molecular weight is 511 g/mol. The summed E-state index contributed by atoms with van der Waals surface area (Å²) in [4.78, 5) is 32.2. The van der Waals surface area contributed by atoms with E-state index in [1.54, 1.807) is 15.8 Å². The Labute approximate surface area is 203 Å². The molecular weight excluding hydrogens is 489 g/mol. The van der Waals surface area contributed by atoms with Gasteiger partial charge in [-0.1, -0.05) is 11.6 Å². The molecule has 2 fully saturated rings. The maximum atomic E-state index is 13.9. The molecule has 0 bridgehead atoms. The summed E-state index contributed by atoms with van der Waals surface area (Å²) in [6.07, 6.45) is 0.532. The van der Waals surface area contributed by atoms with Crippen LogP contribution in [0.3, 0.4) is 0 Å². The number of amides is 2. The fraction of sp³-hybridized carbons (Fsp3) is 0.455. The number of cyclic esters (lactones) is 1. The Morgan fingerprint density at radius 2 is 1.94 bits per heavy atom. The zero-order valence-electron chi connectivity index (χ0n) is 18.8. The smallest absolute Gasteiger partial charge is 0.420 e. The highest BCUT2D eigenvalue weighted by atomic mass is 35.5. The molecule has 186 valence electrons. The second-order valence-corrected chi connectivity index (χ2v) is 8.86. The van der Waals surface area contributed by atoms with Gasteiger partial charge in [0.1, 0.15) is 11.8 Å². The van der Waals surface area contributed by atoms with Crippen molar-refractivity contribution in [3.05, 3.63) is 41.1 Å². The van der Waals surface area contributed by atoms with Crippen LogP contribution in [0, 0.1) is 0 Å². The van der Waals surface area contributed by atoms with Gasteiger partial charge in [0.05, 0.1) is 18.3 Å². The number of carbonyl (C=O) groups excluding carboxylic acids is 2. The molecule has 2 saturated heterocycles. The van der Waals surface area contributed by atoms with Crippen LogP contribution in [0.15, 0.2) is 24.7 Å². The molecule has 2 amide bonds. The van der Waals surface area contributed by atoms with Crippen LogP contribution in [0.4, 0.5) is 18.0 Å². The predicted octanol–water partition coefficient (Wildman–Crippen LogP) is 3.95. The lowest BCUT2D eigenvalue weighted by Crippen LogP contribution is -2.47. The van der Waals surface area contributed by atoms with Gasteiger partial charge >= 0.3 is 12.3 Å². The molecule has 2 aliphatic rings. The maximum Gasteiger partial charge on any atom is 0.420 e. The van der Waals surface area contributed by atoms with Gasteiger partial charge in [0.25, 0.3) is 5.91 Å². The number of likely N-dealkylation sites (tertiary alicyclic amines) is 1. The van der Waals surface area contributed by atoms with Crippen LogP contribution in [0.1, 0.15) is 35.8 Å². The first kappa shape index (κ1) is 23.5. The Kier molecular flexibility index (Phi) is 5.86. The molecule has 0 atom stereocenters. The van der Waals surface area contributed by atoms with Gasteiger partial charge in [0, 0.05) is 49.2 Å². The normalized spacial score (nSPS) is 17.5.